The van der Waals surface area contributed by atoms with E-state index in [1.54, 1.807) is 0 Å². The highest BCUT2D eigenvalue weighted by atomic mass is 32.1. The summed E-state index contributed by atoms with van der Waals surface area (Å²) >= 11 is 1.33. The Labute approximate surface area is 122 Å². The van der Waals surface area contributed by atoms with Crippen molar-refractivity contribution in [3.8, 4) is 0 Å². The average molecular weight is 296 g/mol. The van der Waals surface area contributed by atoms with Gasteiger partial charge in [-0.05, 0) is 18.8 Å². The molecular weight excluding hydrogens is 276 g/mol. The van der Waals surface area contributed by atoms with Crippen molar-refractivity contribution in [2.24, 2.45) is 11.8 Å². The Kier molecular flexibility index (Phi) is 3.33. The number of carbonyl (C=O) groups is 1. The molecule has 0 spiro atoms. The number of carbonyl (C=O) groups excluding carboxylic acids is 1. The lowest BCUT2D eigenvalue weighted by atomic mass is 10.00. The summed E-state index contributed by atoms with van der Waals surface area (Å²) < 4.78 is 0. The quantitative estimate of drug-likeness (QED) is 0.836. The predicted molar refractivity (Wildman–Crippen MR) is 79.0 cm³/mol. The number of hydrogen-bond acceptors (Lipinski definition) is 6. The molecule has 20 heavy (non-hydrogen) atoms. The minimum absolute atomic E-state index is 0.0466. The van der Waals surface area contributed by atoms with Crippen molar-refractivity contribution in [3.05, 3.63) is 4.88 Å². The van der Waals surface area contributed by atoms with Crippen LogP contribution in [0.5, 0.6) is 0 Å². The molecule has 1 aromatic heterocycles. The summed E-state index contributed by atoms with van der Waals surface area (Å²) in [6.07, 6.45) is 1.62. The Balaban J connectivity index is 1.77. The first-order chi connectivity index (χ1) is 9.47. The Bertz CT molecular complexity index is 530. The molecule has 3 N–H and O–H groups in total. The van der Waals surface area contributed by atoms with E-state index in [0.717, 1.165) is 24.5 Å². The van der Waals surface area contributed by atoms with E-state index >= 15 is 0 Å². The fraction of sp³-hybridized carbons (Fsp3) is 0.692. The molecule has 0 bridgehead atoms. The number of rotatable bonds is 2. The van der Waals surface area contributed by atoms with Crippen LogP contribution in [0.3, 0.4) is 0 Å². The van der Waals surface area contributed by atoms with Crippen LogP contribution in [0.1, 0.15) is 22.5 Å². The number of nitrogens with zero attached hydrogens (tertiary/aromatic N) is 3. The number of anilines is 2. The molecule has 1 saturated carbocycles. The lowest BCUT2D eigenvalue weighted by Crippen LogP contribution is -2.31. The normalized spacial score (nSPS) is 28.8. The van der Waals surface area contributed by atoms with Crippen LogP contribution in [0, 0.1) is 11.8 Å². The van der Waals surface area contributed by atoms with Gasteiger partial charge in [0.05, 0.1) is 6.10 Å². The molecule has 2 fully saturated rings. The first-order valence-electron chi connectivity index (χ1n) is 6.88. The van der Waals surface area contributed by atoms with Gasteiger partial charge in [0.2, 0.25) is 0 Å². The molecule has 1 aliphatic heterocycles. The second-order valence-electron chi connectivity index (χ2n) is 5.88. The van der Waals surface area contributed by atoms with Gasteiger partial charge in [-0.15, -0.1) is 0 Å². The molecule has 7 heteroatoms. The SMILES string of the molecule is CN(C)c1nc(N)c(C(=O)N2CC3CCC(O)C3C2)s1. The van der Waals surface area contributed by atoms with Gasteiger partial charge in [-0.25, -0.2) is 4.98 Å². The van der Waals surface area contributed by atoms with Gasteiger partial charge < -0.3 is 20.6 Å². The summed E-state index contributed by atoms with van der Waals surface area (Å²) in [6.45, 7) is 1.37. The van der Waals surface area contributed by atoms with Crippen LogP contribution < -0.4 is 10.6 Å². The summed E-state index contributed by atoms with van der Waals surface area (Å²) in [5.41, 5.74) is 5.87. The Hall–Kier alpha value is -1.34. The molecule has 110 valence electrons. The molecule has 3 rings (SSSR count). The Morgan fingerprint density at radius 3 is 2.80 bits per heavy atom. The fourth-order valence-corrected chi connectivity index (χ4v) is 4.09. The smallest absolute Gasteiger partial charge is 0.267 e. The van der Waals surface area contributed by atoms with Gasteiger partial charge in [0, 0.05) is 33.1 Å². The van der Waals surface area contributed by atoms with Gasteiger partial charge in [-0.3, -0.25) is 4.79 Å². The van der Waals surface area contributed by atoms with Crippen molar-refractivity contribution in [1.29, 1.82) is 0 Å². The zero-order valence-corrected chi connectivity index (χ0v) is 12.6. The van der Waals surface area contributed by atoms with E-state index in [0.29, 0.717) is 23.2 Å². The van der Waals surface area contributed by atoms with E-state index in [4.69, 9.17) is 5.73 Å². The summed E-state index contributed by atoms with van der Waals surface area (Å²) in [7, 11) is 3.76. The van der Waals surface area contributed by atoms with E-state index in [1.165, 1.54) is 11.3 Å². The molecule has 3 unspecified atom stereocenters. The molecule has 2 heterocycles. The number of aliphatic hydroxyl groups excluding tert-OH is 1. The number of nitrogen functional groups attached to an aromatic ring is 1. The highest BCUT2D eigenvalue weighted by Crippen LogP contribution is 2.39. The van der Waals surface area contributed by atoms with Crippen LogP contribution in [-0.2, 0) is 0 Å². The Morgan fingerprint density at radius 2 is 2.20 bits per heavy atom. The third kappa shape index (κ3) is 2.14. The van der Waals surface area contributed by atoms with Crippen molar-refractivity contribution in [2.75, 3.05) is 37.8 Å². The van der Waals surface area contributed by atoms with Crippen molar-refractivity contribution in [2.45, 2.75) is 18.9 Å². The first kappa shape index (κ1) is 13.6. The summed E-state index contributed by atoms with van der Waals surface area (Å²) in [6, 6.07) is 0. The maximum atomic E-state index is 12.6. The molecule has 1 amide bonds. The second kappa shape index (κ2) is 4.89. The highest BCUT2D eigenvalue weighted by molar-refractivity contribution is 7.18. The van der Waals surface area contributed by atoms with E-state index < -0.39 is 0 Å². The van der Waals surface area contributed by atoms with Crippen molar-refractivity contribution in [3.63, 3.8) is 0 Å². The number of aromatic nitrogens is 1. The minimum atomic E-state index is -0.256. The zero-order chi connectivity index (χ0) is 14.4. The largest absolute Gasteiger partial charge is 0.393 e. The predicted octanol–water partition coefficient (Wildman–Crippen LogP) is 0.634. The summed E-state index contributed by atoms with van der Waals surface area (Å²) in [5, 5.41) is 10.7. The van der Waals surface area contributed by atoms with Gasteiger partial charge in [0.25, 0.3) is 5.91 Å². The number of fused-ring (bicyclic) bond motifs is 1. The van der Waals surface area contributed by atoms with Gasteiger partial charge >= 0.3 is 0 Å². The number of amides is 1. The molecule has 3 atom stereocenters. The number of aliphatic hydroxyl groups is 1. The molecule has 1 aromatic rings. The summed E-state index contributed by atoms with van der Waals surface area (Å²) in [4.78, 5) is 21.0. The van der Waals surface area contributed by atoms with Crippen LogP contribution in [0.15, 0.2) is 0 Å². The third-order valence-corrected chi connectivity index (χ3v) is 5.55. The maximum Gasteiger partial charge on any atom is 0.267 e. The van der Waals surface area contributed by atoms with Crippen LogP contribution in [0.4, 0.5) is 10.9 Å². The Morgan fingerprint density at radius 1 is 1.45 bits per heavy atom. The monoisotopic (exact) mass is 296 g/mol. The highest BCUT2D eigenvalue weighted by Gasteiger charge is 2.43. The second-order valence-corrected chi connectivity index (χ2v) is 6.86. The molecule has 0 aromatic carbocycles. The van der Waals surface area contributed by atoms with Crippen molar-refractivity contribution < 1.29 is 9.90 Å². The molecule has 2 aliphatic rings. The van der Waals surface area contributed by atoms with Crippen LogP contribution >= 0.6 is 11.3 Å². The number of hydrogen-bond donors (Lipinski definition) is 2. The maximum absolute atomic E-state index is 12.6. The summed E-state index contributed by atoms with van der Waals surface area (Å²) in [5.74, 6) is 0.939. The van der Waals surface area contributed by atoms with Crippen molar-refractivity contribution in [1.82, 2.24) is 9.88 Å². The first-order valence-corrected chi connectivity index (χ1v) is 7.70. The average Bonchev–Trinajstić information content (AvgIpc) is 3.05. The molecular formula is C13H20N4O2S. The van der Waals surface area contributed by atoms with E-state index in [2.05, 4.69) is 4.98 Å². The van der Waals surface area contributed by atoms with Crippen molar-refractivity contribution >= 4 is 28.2 Å². The topological polar surface area (TPSA) is 82.7 Å². The third-order valence-electron chi connectivity index (χ3n) is 4.33. The fourth-order valence-electron chi connectivity index (χ4n) is 3.21. The zero-order valence-electron chi connectivity index (χ0n) is 11.7. The van der Waals surface area contributed by atoms with E-state index in [9.17, 15) is 9.90 Å². The lowest BCUT2D eigenvalue weighted by Gasteiger charge is -2.17. The van der Waals surface area contributed by atoms with E-state index in [-0.39, 0.29) is 17.9 Å². The minimum Gasteiger partial charge on any atom is -0.393 e. The van der Waals surface area contributed by atoms with Gasteiger partial charge in [-0.1, -0.05) is 11.3 Å². The molecule has 6 nitrogen and oxygen atoms in total. The number of thiazole rings is 1. The lowest BCUT2D eigenvalue weighted by molar-refractivity contribution is 0.0757. The number of likely N-dealkylation sites (tertiary alicyclic amines) is 1. The number of nitrogens with two attached hydrogens (primary N) is 1. The van der Waals surface area contributed by atoms with Crippen LogP contribution in [0.25, 0.3) is 0 Å². The van der Waals surface area contributed by atoms with Gasteiger partial charge in [0.1, 0.15) is 10.7 Å². The molecule has 1 aliphatic carbocycles. The van der Waals surface area contributed by atoms with Crippen LogP contribution in [-0.4, -0.2) is 54.2 Å². The van der Waals surface area contributed by atoms with Gasteiger partial charge in [-0.2, -0.15) is 0 Å². The molecule has 0 radical (unpaired) electrons. The van der Waals surface area contributed by atoms with E-state index in [1.807, 2.05) is 23.9 Å². The standard InChI is InChI=1S/C13H20N4O2S/c1-16(2)13-15-11(14)10(20-13)12(19)17-5-7-3-4-9(18)8(7)6-17/h7-9,18H,3-6,14H2,1-2H3. The molecule has 1 saturated heterocycles. The van der Waals surface area contributed by atoms with Crippen LogP contribution in [0.2, 0.25) is 0 Å². The van der Waals surface area contributed by atoms with Gasteiger partial charge in [0.15, 0.2) is 5.13 Å².